The Bertz CT molecular complexity index is 244. The fourth-order valence-corrected chi connectivity index (χ4v) is 3.96. The van der Waals surface area contributed by atoms with E-state index in [1.54, 1.807) is 0 Å². The van der Waals surface area contributed by atoms with Gasteiger partial charge in [0.2, 0.25) is 0 Å². The molecule has 0 aliphatic rings. The molecule has 4 N–H and O–H groups in total. The topological polar surface area (TPSA) is 52.0 Å². The molecule has 24 heavy (non-hydrogen) atoms. The van der Waals surface area contributed by atoms with Crippen LogP contribution in [0.5, 0.6) is 0 Å². The van der Waals surface area contributed by atoms with Crippen molar-refractivity contribution in [1.29, 1.82) is 0 Å². The molecule has 0 fully saturated rings. The molecular weight excluding hydrogens is 292 g/mol. The van der Waals surface area contributed by atoms with Crippen molar-refractivity contribution < 1.29 is 0 Å². The van der Waals surface area contributed by atoms with E-state index < -0.39 is 0 Å². The highest BCUT2D eigenvalue weighted by Crippen LogP contribution is 2.34. The molecule has 0 aliphatic heterocycles. The first kappa shape index (κ1) is 23.9. The Morgan fingerprint density at radius 2 is 1.08 bits per heavy atom. The SMILES string of the molecule is CCCCC(CCCCCCCCN)C(N)(CCCC)CCCC. The van der Waals surface area contributed by atoms with E-state index in [1.807, 2.05) is 0 Å². The van der Waals surface area contributed by atoms with Crippen LogP contribution in [-0.2, 0) is 0 Å². The van der Waals surface area contributed by atoms with Crippen molar-refractivity contribution in [3.63, 3.8) is 0 Å². The molecule has 146 valence electrons. The summed E-state index contributed by atoms with van der Waals surface area (Å²) in [6, 6.07) is 0. The average Bonchev–Trinajstić information content (AvgIpc) is 2.59. The number of rotatable bonds is 18. The summed E-state index contributed by atoms with van der Waals surface area (Å²) in [5.41, 5.74) is 12.7. The van der Waals surface area contributed by atoms with Gasteiger partial charge in [-0.25, -0.2) is 0 Å². The Kier molecular flexibility index (Phi) is 16.3. The second kappa shape index (κ2) is 16.4. The van der Waals surface area contributed by atoms with E-state index in [0.29, 0.717) is 0 Å². The van der Waals surface area contributed by atoms with Crippen LogP contribution in [-0.4, -0.2) is 12.1 Å². The quantitative estimate of drug-likeness (QED) is 0.278. The maximum Gasteiger partial charge on any atom is 0.0182 e. The van der Waals surface area contributed by atoms with E-state index >= 15 is 0 Å². The van der Waals surface area contributed by atoms with Crippen LogP contribution >= 0.6 is 0 Å². The molecule has 2 heteroatoms. The highest BCUT2D eigenvalue weighted by atomic mass is 14.8. The lowest BCUT2D eigenvalue weighted by atomic mass is 9.72. The van der Waals surface area contributed by atoms with Gasteiger partial charge < -0.3 is 11.5 Å². The average molecular weight is 341 g/mol. The Morgan fingerprint density at radius 3 is 1.58 bits per heavy atom. The van der Waals surface area contributed by atoms with Gasteiger partial charge in [-0.1, -0.05) is 91.4 Å². The minimum Gasteiger partial charge on any atom is -0.330 e. The lowest BCUT2D eigenvalue weighted by molar-refractivity contribution is 0.193. The Hall–Kier alpha value is -0.0800. The summed E-state index contributed by atoms with van der Waals surface area (Å²) in [5.74, 6) is 0.736. The van der Waals surface area contributed by atoms with Crippen LogP contribution < -0.4 is 11.5 Å². The fourth-order valence-electron chi connectivity index (χ4n) is 3.96. The fraction of sp³-hybridized carbons (Fsp3) is 1.00. The summed E-state index contributed by atoms with van der Waals surface area (Å²) in [6.45, 7) is 7.75. The van der Waals surface area contributed by atoms with E-state index in [9.17, 15) is 0 Å². The van der Waals surface area contributed by atoms with Gasteiger partial charge in [-0.15, -0.1) is 0 Å². The summed E-state index contributed by atoms with van der Waals surface area (Å²) in [5, 5.41) is 0. The molecule has 0 saturated heterocycles. The van der Waals surface area contributed by atoms with E-state index in [1.165, 1.54) is 103 Å². The van der Waals surface area contributed by atoms with Gasteiger partial charge in [-0.05, 0) is 44.6 Å². The smallest absolute Gasteiger partial charge is 0.0182 e. The van der Waals surface area contributed by atoms with Crippen molar-refractivity contribution in [3.05, 3.63) is 0 Å². The van der Waals surface area contributed by atoms with Crippen molar-refractivity contribution >= 4 is 0 Å². The molecule has 0 aromatic rings. The Morgan fingerprint density at radius 1 is 0.625 bits per heavy atom. The lowest BCUT2D eigenvalue weighted by Gasteiger charge is -2.39. The third kappa shape index (κ3) is 11.5. The van der Waals surface area contributed by atoms with Crippen molar-refractivity contribution in [2.75, 3.05) is 6.54 Å². The second-order valence-electron chi connectivity index (χ2n) is 7.98. The summed E-state index contributed by atoms with van der Waals surface area (Å²) in [4.78, 5) is 0. The van der Waals surface area contributed by atoms with E-state index in [-0.39, 0.29) is 5.54 Å². The minimum atomic E-state index is 0.0980. The standard InChI is InChI=1S/C22H48N2/c1-4-7-16-21(17-14-12-10-11-13-15-20-23)22(24,18-8-5-2)19-9-6-3/h21H,4-20,23-24H2,1-3H3. The largest absolute Gasteiger partial charge is 0.330 e. The van der Waals surface area contributed by atoms with E-state index in [2.05, 4.69) is 20.8 Å². The van der Waals surface area contributed by atoms with Crippen molar-refractivity contribution in [2.45, 2.75) is 129 Å². The van der Waals surface area contributed by atoms with Crippen LogP contribution in [0.4, 0.5) is 0 Å². The molecule has 1 atom stereocenters. The van der Waals surface area contributed by atoms with Gasteiger partial charge in [0.05, 0.1) is 0 Å². The molecule has 0 saturated carbocycles. The Labute approximate surface area is 153 Å². The van der Waals surface area contributed by atoms with Gasteiger partial charge in [0.1, 0.15) is 0 Å². The van der Waals surface area contributed by atoms with Crippen LogP contribution in [0.2, 0.25) is 0 Å². The number of hydrogen-bond donors (Lipinski definition) is 2. The molecule has 1 unspecified atom stereocenters. The maximum atomic E-state index is 7.02. The molecule has 2 nitrogen and oxygen atoms in total. The highest BCUT2D eigenvalue weighted by molar-refractivity contribution is 4.91. The van der Waals surface area contributed by atoms with Gasteiger partial charge in [0.15, 0.2) is 0 Å². The maximum absolute atomic E-state index is 7.02. The molecule has 0 heterocycles. The van der Waals surface area contributed by atoms with Crippen LogP contribution in [0.25, 0.3) is 0 Å². The van der Waals surface area contributed by atoms with Gasteiger partial charge >= 0.3 is 0 Å². The lowest BCUT2D eigenvalue weighted by Crippen LogP contribution is -2.47. The van der Waals surface area contributed by atoms with E-state index in [4.69, 9.17) is 11.5 Å². The van der Waals surface area contributed by atoms with Crippen LogP contribution in [0.1, 0.15) is 124 Å². The number of unbranched alkanes of at least 4 members (excludes halogenated alkanes) is 8. The van der Waals surface area contributed by atoms with E-state index in [0.717, 1.165) is 12.5 Å². The number of nitrogens with two attached hydrogens (primary N) is 2. The Balaban J connectivity index is 4.43. The van der Waals surface area contributed by atoms with Gasteiger partial charge in [-0.3, -0.25) is 0 Å². The summed E-state index contributed by atoms with van der Waals surface area (Å²) in [6.07, 6.45) is 20.9. The number of hydrogen-bond acceptors (Lipinski definition) is 2. The second-order valence-corrected chi connectivity index (χ2v) is 7.98. The summed E-state index contributed by atoms with van der Waals surface area (Å²) < 4.78 is 0. The van der Waals surface area contributed by atoms with Crippen LogP contribution in [0.3, 0.4) is 0 Å². The van der Waals surface area contributed by atoms with Crippen molar-refractivity contribution in [2.24, 2.45) is 17.4 Å². The minimum absolute atomic E-state index is 0.0980. The normalized spacial score (nSPS) is 13.4. The molecule has 0 aromatic heterocycles. The van der Waals surface area contributed by atoms with Gasteiger partial charge in [-0.2, -0.15) is 0 Å². The highest BCUT2D eigenvalue weighted by Gasteiger charge is 2.32. The van der Waals surface area contributed by atoms with Crippen molar-refractivity contribution in [1.82, 2.24) is 0 Å². The summed E-state index contributed by atoms with van der Waals surface area (Å²) in [7, 11) is 0. The molecule has 0 rings (SSSR count). The molecule has 0 radical (unpaired) electrons. The first-order valence-electron chi connectivity index (χ1n) is 11.1. The molecule has 0 bridgehead atoms. The molecular formula is C22H48N2. The van der Waals surface area contributed by atoms with Gasteiger partial charge in [0.25, 0.3) is 0 Å². The van der Waals surface area contributed by atoms with Gasteiger partial charge in [0, 0.05) is 5.54 Å². The predicted octanol–water partition coefficient (Wildman–Crippen LogP) is 6.56. The molecule has 0 aromatic carbocycles. The third-order valence-electron chi connectivity index (χ3n) is 5.72. The third-order valence-corrected chi connectivity index (χ3v) is 5.72. The molecule has 0 aliphatic carbocycles. The van der Waals surface area contributed by atoms with Crippen molar-refractivity contribution in [3.8, 4) is 0 Å². The summed E-state index contributed by atoms with van der Waals surface area (Å²) >= 11 is 0. The monoisotopic (exact) mass is 340 g/mol. The van der Waals surface area contributed by atoms with Crippen LogP contribution in [0.15, 0.2) is 0 Å². The zero-order chi connectivity index (χ0) is 18.1. The van der Waals surface area contributed by atoms with Crippen LogP contribution in [0, 0.1) is 5.92 Å². The zero-order valence-corrected chi connectivity index (χ0v) is 17.3. The first-order chi connectivity index (χ1) is 11.6. The molecule has 0 amide bonds. The first-order valence-corrected chi connectivity index (χ1v) is 11.1. The zero-order valence-electron chi connectivity index (χ0n) is 17.3. The molecule has 0 spiro atoms. The predicted molar refractivity (Wildman–Crippen MR) is 110 cm³/mol.